The zero-order valence-electron chi connectivity index (χ0n) is 21.2. The fourth-order valence-electron chi connectivity index (χ4n) is 5.08. The summed E-state index contributed by atoms with van der Waals surface area (Å²) in [4.78, 5) is 41.3. The number of nitrogens with zero attached hydrogens (tertiary/aromatic N) is 1. The highest BCUT2D eigenvalue weighted by atomic mass is 16.4. The van der Waals surface area contributed by atoms with Crippen LogP contribution in [0.1, 0.15) is 60.8 Å². The number of carbonyl (C=O) groups excluding carboxylic acids is 2. The van der Waals surface area contributed by atoms with E-state index in [9.17, 15) is 19.5 Å². The second kappa shape index (κ2) is 12.5. The molecule has 6 nitrogen and oxygen atoms in total. The van der Waals surface area contributed by atoms with E-state index in [4.69, 9.17) is 0 Å². The van der Waals surface area contributed by atoms with Crippen molar-refractivity contribution in [1.82, 2.24) is 10.2 Å². The van der Waals surface area contributed by atoms with Crippen molar-refractivity contribution < 1.29 is 19.5 Å². The molecule has 1 aliphatic rings. The summed E-state index contributed by atoms with van der Waals surface area (Å²) < 4.78 is 0. The van der Waals surface area contributed by atoms with Crippen LogP contribution in [-0.2, 0) is 27.3 Å². The van der Waals surface area contributed by atoms with Crippen molar-refractivity contribution in [2.75, 3.05) is 0 Å². The van der Waals surface area contributed by atoms with Crippen LogP contribution in [-0.4, -0.2) is 39.9 Å². The average Bonchev–Trinajstić information content (AvgIpc) is 2.94. The first-order chi connectivity index (χ1) is 18.0. The van der Waals surface area contributed by atoms with Gasteiger partial charge in [0.15, 0.2) is 0 Å². The molecule has 192 valence electrons. The van der Waals surface area contributed by atoms with Crippen LogP contribution >= 0.6 is 0 Å². The Kier molecular flexibility index (Phi) is 8.86. The maximum Gasteiger partial charge on any atom is 0.326 e. The first kappa shape index (κ1) is 26.3. The third-order valence-corrected chi connectivity index (χ3v) is 7.10. The summed E-state index contributed by atoms with van der Waals surface area (Å²) in [5.41, 5.74) is 4.04. The molecule has 3 aromatic carbocycles. The quantitative estimate of drug-likeness (QED) is 0.414. The lowest BCUT2D eigenvalue weighted by atomic mass is 9.87. The Labute approximate surface area is 218 Å². The van der Waals surface area contributed by atoms with Gasteiger partial charge in [-0.2, -0.15) is 0 Å². The number of carboxylic acid groups (broad SMARTS) is 1. The zero-order valence-corrected chi connectivity index (χ0v) is 21.2. The molecular formula is C31H34N2O4. The topological polar surface area (TPSA) is 86.7 Å². The number of benzene rings is 3. The van der Waals surface area contributed by atoms with Gasteiger partial charge >= 0.3 is 5.97 Å². The number of nitrogens with one attached hydrogen (secondary N) is 1. The lowest BCUT2D eigenvalue weighted by Crippen LogP contribution is -2.56. The van der Waals surface area contributed by atoms with Gasteiger partial charge in [-0.15, -0.1) is 0 Å². The molecule has 0 aliphatic carbocycles. The Morgan fingerprint density at radius 1 is 0.892 bits per heavy atom. The van der Waals surface area contributed by atoms with Gasteiger partial charge in [-0.1, -0.05) is 105 Å². The normalized spacial score (nSPS) is 15.6. The highest BCUT2D eigenvalue weighted by molar-refractivity contribution is 6.02. The van der Waals surface area contributed by atoms with Crippen molar-refractivity contribution in [2.24, 2.45) is 0 Å². The van der Waals surface area contributed by atoms with Crippen LogP contribution in [0.3, 0.4) is 0 Å². The summed E-state index contributed by atoms with van der Waals surface area (Å²) >= 11 is 0. The first-order valence-electron chi connectivity index (χ1n) is 13.0. The lowest BCUT2D eigenvalue weighted by Gasteiger charge is -2.34. The van der Waals surface area contributed by atoms with Gasteiger partial charge in [0.1, 0.15) is 6.04 Å². The summed E-state index contributed by atoms with van der Waals surface area (Å²) in [6.45, 7) is 2.46. The van der Waals surface area contributed by atoms with Gasteiger partial charge in [0.25, 0.3) is 0 Å². The number of aliphatic carboxylic acids is 1. The van der Waals surface area contributed by atoms with E-state index in [2.05, 4.69) is 5.32 Å². The van der Waals surface area contributed by atoms with Crippen LogP contribution < -0.4 is 5.32 Å². The number of carbonyl (C=O) groups is 3. The summed E-state index contributed by atoms with van der Waals surface area (Å²) in [6.07, 6.45) is 2.02. The Balaban J connectivity index is 1.66. The smallest absolute Gasteiger partial charge is 0.326 e. The molecule has 2 atom stereocenters. The largest absolute Gasteiger partial charge is 0.480 e. The van der Waals surface area contributed by atoms with Gasteiger partial charge < -0.3 is 10.4 Å². The molecule has 0 spiro atoms. The SMILES string of the molecule is CCCC[C@@H](C(=O)O)N(C(=O)CC(c1ccccc1)c1ccccc1)C(=O)[C@@H]1Cc2ccccc2CN1. The summed E-state index contributed by atoms with van der Waals surface area (Å²) in [7, 11) is 0. The second-order valence-electron chi connectivity index (χ2n) is 9.58. The van der Waals surface area contributed by atoms with Gasteiger partial charge in [0.05, 0.1) is 6.04 Å². The van der Waals surface area contributed by atoms with Crippen molar-refractivity contribution in [3.05, 3.63) is 107 Å². The zero-order chi connectivity index (χ0) is 26.2. The second-order valence-corrected chi connectivity index (χ2v) is 9.58. The number of fused-ring (bicyclic) bond motifs is 1. The van der Waals surface area contributed by atoms with Gasteiger partial charge in [-0.05, 0) is 35.1 Å². The summed E-state index contributed by atoms with van der Waals surface area (Å²) in [5.74, 6) is -2.39. The minimum Gasteiger partial charge on any atom is -0.480 e. The molecule has 6 heteroatoms. The molecule has 0 radical (unpaired) electrons. The third kappa shape index (κ3) is 6.33. The van der Waals surface area contributed by atoms with Gasteiger partial charge in [-0.25, -0.2) is 4.79 Å². The standard InChI is InChI=1S/C31H34N2O4/c1-2-3-18-28(31(36)37)33(30(35)27-19-24-16-10-11-17-25(24)21-32-27)29(34)20-26(22-12-6-4-7-13-22)23-14-8-5-9-15-23/h4-17,26-28,32H,2-3,18-21H2,1H3,(H,36,37)/t27-,28-/m0/s1. The Morgan fingerprint density at radius 3 is 2.03 bits per heavy atom. The van der Waals surface area contributed by atoms with Crippen LogP contribution in [0.2, 0.25) is 0 Å². The van der Waals surface area contributed by atoms with E-state index < -0.39 is 29.9 Å². The van der Waals surface area contributed by atoms with E-state index >= 15 is 0 Å². The van der Waals surface area contributed by atoms with Crippen molar-refractivity contribution in [3.63, 3.8) is 0 Å². The third-order valence-electron chi connectivity index (χ3n) is 7.10. The fourth-order valence-corrected chi connectivity index (χ4v) is 5.08. The Morgan fingerprint density at radius 2 is 1.46 bits per heavy atom. The first-order valence-corrected chi connectivity index (χ1v) is 13.0. The highest BCUT2D eigenvalue weighted by Gasteiger charge is 2.39. The molecule has 0 saturated heterocycles. The van der Waals surface area contributed by atoms with Gasteiger partial charge in [0.2, 0.25) is 11.8 Å². The van der Waals surface area contributed by atoms with Crippen LogP contribution in [0.15, 0.2) is 84.9 Å². The molecule has 0 saturated carbocycles. The van der Waals surface area contributed by atoms with Crippen molar-refractivity contribution >= 4 is 17.8 Å². The molecule has 1 aliphatic heterocycles. The monoisotopic (exact) mass is 498 g/mol. The predicted octanol–water partition coefficient (Wildman–Crippen LogP) is 4.92. The number of unbranched alkanes of at least 4 members (excludes halogenated alkanes) is 1. The number of hydrogen-bond acceptors (Lipinski definition) is 4. The molecule has 1 heterocycles. The van der Waals surface area contributed by atoms with Crippen molar-refractivity contribution in [1.29, 1.82) is 0 Å². The number of amides is 2. The summed E-state index contributed by atoms with van der Waals surface area (Å²) in [5, 5.41) is 13.4. The molecule has 3 aromatic rings. The lowest BCUT2D eigenvalue weighted by molar-refractivity contribution is -0.159. The minimum absolute atomic E-state index is 0.00101. The molecule has 0 aromatic heterocycles. The van der Waals surface area contributed by atoms with Crippen molar-refractivity contribution in [3.8, 4) is 0 Å². The van der Waals surface area contributed by atoms with E-state index in [0.29, 0.717) is 19.4 Å². The number of rotatable bonds is 10. The highest BCUT2D eigenvalue weighted by Crippen LogP contribution is 2.30. The van der Waals surface area contributed by atoms with Crippen molar-refractivity contribution in [2.45, 2.75) is 63.6 Å². The Hall–Kier alpha value is -3.77. The number of imide groups is 1. The molecule has 0 bridgehead atoms. The molecule has 0 fully saturated rings. The van der Waals surface area contributed by atoms with E-state index in [0.717, 1.165) is 33.6 Å². The molecular weight excluding hydrogens is 464 g/mol. The predicted molar refractivity (Wildman–Crippen MR) is 143 cm³/mol. The van der Waals surface area contributed by atoms with Crippen LogP contribution in [0.5, 0.6) is 0 Å². The maximum atomic E-state index is 14.0. The van der Waals surface area contributed by atoms with Gasteiger partial charge in [0, 0.05) is 18.9 Å². The Bertz CT molecular complexity index is 1170. The molecule has 2 amide bonds. The van der Waals surface area contributed by atoms with E-state index in [-0.39, 0.29) is 18.8 Å². The van der Waals surface area contributed by atoms with E-state index in [1.165, 1.54) is 0 Å². The van der Waals surface area contributed by atoms with Crippen LogP contribution in [0.4, 0.5) is 0 Å². The van der Waals surface area contributed by atoms with Gasteiger partial charge in [-0.3, -0.25) is 14.5 Å². The molecule has 37 heavy (non-hydrogen) atoms. The minimum atomic E-state index is -1.20. The number of carboxylic acids is 1. The van der Waals surface area contributed by atoms with E-state index in [1.807, 2.05) is 91.9 Å². The number of hydrogen-bond donors (Lipinski definition) is 2. The molecule has 2 N–H and O–H groups in total. The van der Waals surface area contributed by atoms with Crippen LogP contribution in [0.25, 0.3) is 0 Å². The molecule has 4 rings (SSSR count). The summed E-state index contributed by atoms with van der Waals surface area (Å²) in [6, 6.07) is 25.4. The fraction of sp³-hybridized carbons (Fsp3) is 0.323. The molecule has 0 unspecified atom stereocenters. The maximum absolute atomic E-state index is 14.0. The van der Waals surface area contributed by atoms with E-state index in [1.54, 1.807) is 0 Å². The van der Waals surface area contributed by atoms with Crippen LogP contribution in [0, 0.1) is 0 Å². The average molecular weight is 499 g/mol.